The molecular formula is C15H15N3O2. The van der Waals surface area contributed by atoms with Gasteiger partial charge in [0.25, 0.3) is 5.91 Å². The van der Waals surface area contributed by atoms with Crippen LogP contribution in [-0.4, -0.2) is 16.8 Å². The molecule has 1 aromatic carbocycles. The van der Waals surface area contributed by atoms with E-state index < -0.39 is 0 Å². The van der Waals surface area contributed by atoms with Crippen molar-refractivity contribution in [1.29, 1.82) is 0 Å². The number of hydrogen-bond acceptors (Lipinski definition) is 3. The van der Waals surface area contributed by atoms with E-state index in [4.69, 9.17) is 0 Å². The first-order valence-corrected chi connectivity index (χ1v) is 6.30. The molecule has 0 aliphatic heterocycles. The average Bonchev–Trinajstić information content (AvgIpc) is 2.48. The fourth-order valence-electron chi connectivity index (χ4n) is 1.63. The summed E-state index contributed by atoms with van der Waals surface area (Å²) in [5, 5.41) is 5.52. The minimum absolute atomic E-state index is 0.0670. The van der Waals surface area contributed by atoms with Crippen LogP contribution in [0.1, 0.15) is 23.7 Å². The number of nitrogens with zero attached hydrogens (tertiary/aromatic N) is 1. The second kappa shape index (κ2) is 6.47. The Kier molecular flexibility index (Phi) is 4.44. The third kappa shape index (κ3) is 3.65. The SMILES string of the molecule is CCC(=O)Nc1cccc(NC(=O)c2ccncc2)c1. The fraction of sp³-hybridized carbons (Fsp3) is 0.133. The Morgan fingerprint density at radius 2 is 1.70 bits per heavy atom. The smallest absolute Gasteiger partial charge is 0.255 e. The molecule has 0 bridgehead atoms. The van der Waals surface area contributed by atoms with Gasteiger partial charge in [-0.3, -0.25) is 14.6 Å². The van der Waals surface area contributed by atoms with Crippen molar-refractivity contribution in [2.24, 2.45) is 0 Å². The van der Waals surface area contributed by atoms with Crippen LogP contribution in [0.5, 0.6) is 0 Å². The number of benzene rings is 1. The van der Waals surface area contributed by atoms with Gasteiger partial charge in [-0.15, -0.1) is 0 Å². The van der Waals surface area contributed by atoms with Gasteiger partial charge in [-0.2, -0.15) is 0 Å². The summed E-state index contributed by atoms with van der Waals surface area (Å²) in [6.45, 7) is 1.78. The van der Waals surface area contributed by atoms with Crippen molar-refractivity contribution in [3.63, 3.8) is 0 Å². The highest BCUT2D eigenvalue weighted by Crippen LogP contribution is 2.16. The van der Waals surface area contributed by atoms with Gasteiger partial charge in [-0.1, -0.05) is 13.0 Å². The van der Waals surface area contributed by atoms with Crippen molar-refractivity contribution >= 4 is 23.2 Å². The molecule has 0 fully saturated rings. The summed E-state index contributed by atoms with van der Waals surface area (Å²) in [5.41, 5.74) is 1.81. The quantitative estimate of drug-likeness (QED) is 0.896. The zero-order valence-electron chi connectivity index (χ0n) is 11.1. The maximum Gasteiger partial charge on any atom is 0.255 e. The number of nitrogens with one attached hydrogen (secondary N) is 2. The van der Waals surface area contributed by atoms with E-state index >= 15 is 0 Å². The first kappa shape index (κ1) is 13.7. The van der Waals surface area contributed by atoms with Gasteiger partial charge in [0.05, 0.1) is 0 Å². The van der Waals surface area contributed by atoms with Gasteiger partial charge in [0.15, 0.2) is 0 Å². The van der Waals surface area contributed by atoms with Crippen molar-refractivity contribution in [2.45, 2.75) is 13.3 Å². The van der Waals surface area contributed by atoms with Gasteiger partial charge in [0, 0.05) is 35.8 Å². The number of amides is 2. The Hall–Kier alpha value is -2.69. The van der Waals surface area contributed by atoms with Gasteiger partial charge >= 0.3 is 0 Å². The number of anilines is 2. The van der Waals surface area contributed by atoms with Gasteiger partial charge in [0.2, 0.25) is 5.91 Å². The Labute approximate surface area is 117 Å². The summed E-state index contributed by atoms with van der Waals surface area (Å²) < 4.78 is 0. The van der Waals surface area contributed by atoms with E-state index in [2.05, 4.69) is 15.6 Å². The van der Waals surface area contributed by atoms with E-state index in [0.29, 0.717) is 23.4 Å². The number of pyridine rings is 1. The van der Waals surface area contributed by atoms with Crippen LogP contribution in [0.3, 0.4) is 0 Å². The lowest BCUT2D eigenvalue weighted by molar-refractivity contribution is -0.115. The maximum atomic E-state index is 12.0. The molecule has 0 atom stereocenters. The molecule has 2 N–H and O–H groups in total. The van der Waals surface area contributed by atoms with Crippen LogP contribution in [0.4, 0.5) is 11.4 Å². The van der Waals surface area contributed by atoms with Gasteiger partial charge < -0.3 is 10.6 Å². The van der Waals surface area contributed by atoms with Crippen molar-refractivity contribution in [2.75, 3.05) is 10.6 Å². The summed E-state index contributed by atoms with van der Waals surface area (Å²) in [6.07, 6.45) is 3.53. The molecule has 0 aliphatic carbocycles. The van der Waals surface area contributed by atoms with E-state index in [1.165, 1.54) is 0 Å². The zero-order chi connectivity index (χ0) is 14.4. The lowest BCUT2D eigenvalue weighted by atomic mass is 10.2. The summed E-state index contributed by atoms with van der Waals surface area (Å²) in [6, 6.07) is 10.3. The number of aromatic nitrogens is 1. The third-order valence-electron chi connectivity index (χ3n) is 2.67. The van der Waals surface area contributed by atoms with Gasteiger partial charge in [-0.05, 0) is 30.3 Å². The van der Waals surface area contributed by atoms with Crippen LogP contribution in [0.2, 0.25) is 0 Å². The Morgan fingerprint density at radius 3 is 2.35 bits per heavy atom. The highest BCUT2D eigenvalue weighted by Gasteiger charge is 2.06. The molecule has 2 aromatic rings. The average molecular weight is 269 g/mol. The standard InChI is InChI=1S/C15H15N3O2/c1-2-14(19)17-12-4-3-5-13(10-12)18-15(20)11-6-8-16-9-7-11/h3-10H,2H2,1H3,(H,17,19)(H,18,20). The Balaban J connectivity index is 2.08. The molecule has 2 rings (SSSR count). The summed E-state index contributed by atoms with van der Waals surface area (Å²) in [5.74, 6) is -0.283. The third-order valence-corrected chi connectivity index (χ3v) is 2.67. The van der Waals surface area contributed by atoms with E-state index in [1.807, 2.05) is 0 Å². The highest BCUT2D eigenvalue weighted by molar-refractivity contribution is 6.04. The first-order valence-electron chi connectivity index (χ1n) is 6.30. The largest absolute Gasteiger partial charge is 0.326 e. The molecule has 1 aromatic heterocycles. The molecule has 102 valence electrons. The molecule has 20 heavy (non-hydrogen) atoms. The van der Waals surface area contributed by atoms with Crippen molar-refractivity contribution in [1.82, 2.24) is 4.98 Å². The normalized spacial score (nSPS) is 9.85. The second-order valence-corrected chi connectivity index (χ2v) is 4.17. The van der Waals surface area contributed by atoms with Crippen molar-refractivity contribution < 1.29 is 9.59 Å². The molecule has 0 radical (unpaired) electrons. The topological polar surface area (TPSA) is 71.1 Å². The molecule has 0 aliphatic rings. The summed E-state index contributed by atoms with van der Waals surface area (Å²) in [7, 11) is 0. The summed E-state index contributed by atoms with van der Waals surface area (Å²) >= 11 is 0. The number of carbonyl (C=O) groups excluding carboxylic acids is 2. The van der Waals surface area contributed by atoms with Crippen LogP contribution >= 0.6 is 0 Å². The predicted molar refractivity (Wildman–Crippen MR) is 77.6 cm³/mol. The van der Waals surface area contributed by atoms with E-state index in [-0.39, 0.29) is 11.8 Å². The van der Waals surface area contributed by atoms with Crippen molar-refractivity contribution in [3.8, 4) is 0 Å². The number of rotatable bonds is 4. The Bertz CT molecular complexity index is 612. The predicted octanol–water partition coefficient (Wildman–Crippen LogP) is 2.68. The fourth-order valence-corrected chi connectivity index (χ4v) is 1.63. The zero-order valence-corrected chi connectivity index (χ0v) is 11.1. The lowest BCUT2D eigenvalue weighted by Gasteiger charge is -2.08. The molecule has 1 heterocycles. The molecule has 5 nitrogen and oxygen atoms in total. The molecule has 0 unspecified atom stereocenters. The molecule has 0 spiro atoms. The molecule has 0 saturated carbocycles. The monoisotopic (exact) mass is 269 g/mol. The van der Waals surface area contributed by atoms with E-state index in [1.54, 1.807) is 55.7 Å². The van der Waals surface area contributed by atoms with Crippen molar-refractivity contribution in [3.05, 3.63) is 54.4 Å². The first-order chi connectivity index (χ1) is 9.69. The number of carbonyl (C=O) groups is 2. The lowest BCUT2D eigenvalue weighted by Crippen LogP contribution is -2.13. The highest BCUT2D eigenvalue weighted by atomic mass is 16.2. The van der Waals surface area contributed by atoms with Gasteiger partial charge in [0.1, 0.15) is 0 Å². The Morgan fingerprint density at radius 1 is 1.05 bits per heavy atom. The minimum Gasteiger partial charge on any atom is -0.326 e. The van der Waals surface area contributed by atoms with Crippen LogP contribution in [0.15, 0.2) is 48.8 Å². The van der Waals surface area contributed by atoms with Crippen LogP contribution in [-0.2, 0) is 4.79 Å². The van der Waals surface area contributed by atoms with Crippen LogP contribution in [0, 0.1) is 0 Å². The molecule has 5 heteroatoms. The maximum absolute atomic E-state index is 12.0. The van der Waals surface area contributed by atoms with E-state index in [9.17, 15) is 9.59 Å². The van der Waals surface area contributed by atoms with Crippen LogP contribution < -0.4 is 10.6 Å². The number of hydrogen-bond donors (Lipinski definition) is 2. The van der Waals surface area contributed by atoms with Crippen LogP contribution in [0.25, 0.3) is 0 Å². The molecule has 0 saturated heterocycles. The second-order valence-electron chi connectivity index (χ2n) is 4.17. The van der Waals surface area contributed by atoms with E-state index in [0.717, 1.165) is 0 Å². The molecule has 2 amide bonds. The minimum atomic E-state index is -0.216. The van der Waals surface area contributed by atoms with Gasteiger partial charge in [-0.25, -0.2) is 0 Å². The molecular weight excluding hydrogens is 254 g/mol. The summed E-state index contributed by atoms with van der Waals surface area (Å²) in [4.78, 5) is 27.2.